The van der Waals surface area contributed by atoms with Gasteiger partial charge in [0.2, 0.25) is 10.0 Å². The first kappa shape index (κ1) is 14.9. The van der Waals surface area contributed by atoms with Crippen molar-refractivity contribution in [2.75, 3.05) is 13.1 Å². The second kappa shape index (κ2) is 6.71. The highest BCUT2D eigenvalue weighted by Gasteiger charge is 2.33. The molecule has 1 fully saturated rings. The fourth-order valence-electron chi connectivity index (χ4n) is 2.46. The van der Waals surface area contributed by atoms with Crippen LogP contribution in [0.1, 0.15) is 52.4 Å². The summed E-state index contributed by atoms with van der Waals surface area (Å²) in [7, 11) is -3.09. The Kier molecular flexibility index (Phi) is 5.89. The van der Waals surface area contributed by atoms with Gasteiger partial charge in [0.15, 0.2) is 0 Å². The highest BCUT2D eigenvalue weighted by Crippen LogP contribution is 2.25. The summed E-state index contributed by atoms with van der Waals surface area (Å²) in [6, 6.07) is 0.201. The van der Waals surface area contributed by atoms with Gasteiger partial charge in [-0.25, -0.2) is 12.7 Å². The van der Waals surface area contributed by atoms with E-state index in [0.717, 1.165) is 38.5 Å². The molecule has 0 aromatic rings. The number of sulfonamides is 1. The van der Waals surface area contributed by atoms with Gasteiger partial charge in [-0.3, -0.25) is 0 Å². The smallest absolute Gasteiger partial charge is 0.216 e. The summed E-state index contributed by atoms with van der Waals surface area (Å²) in [4.78, 5) is 0. The maximum absolute atomic E-state index is 12.5. The van der Waals surface area contributed by atoms with Gasteiger partial charge >= 0.3 is 0 Å². The van der Waals surface area contributed by atoms with E-state index in [-0.39, 0.29) is 11.3 Å². The number of nitrogens with zero attached hydrogens (tertiary/aromatic N) is 1. The molecule has 0 spiro atoms. The van der Waals surface area contributed by atoms with E-state index in [4.69, 9.17) is 5.73 Å². The summed E-state index contributed by atoms with van der Waals surface area (Å²) in [6.45, 7) is 5.35. The molecule has 2 N–H and O–H groups in total. The van der Waals surface area contributed by atoms with Gasteiger partial charge in [-0.2, -0.15) is 0 Å². The van der Waals surface area contributed by atoms with Gasteiger partial charge in [-0.15, -0.1) is 0 Å². The Balaban J connectivity index is 2.70. The van der Waals surface area contributed by atoms with Crippen LogP contribution in [0.5, 0.6) is 0 Å². The van der Waals surface area contributed by atoms with Crippen molar-refractivity contribution in [3.05, 3.63) is 0 Å². The van der Waals surface area contributed by atoms with Crippen LogP contribution in [0.3, 0.4) is 0 Å². The highest BCUT2D eigenvalue weighted by molar-refractivity contribution is 7.89. The van der Waals surface area contributed by atoms with E-state index in [9.17, 15) is 8.42 Å². The number of hydrogen-bond donors (Lipinski definition) is 1. The average Bonchev–Trinajstić information content (AvgIpc) is 2.29. The topological polar surface area (TPSA) is 63.4 Å². The van der Waals surface area contributed by atoms with Gasteiger partial charge in [0.25, 0.3) is 0 Å². The van der Waals surface area contributed by atoms with E-state index in [2.05, 4.69) is 0 Å². The molecule has 0 bridgehead atoms. The Labute approximate surface area is 106 Å². The van der Waals surface area contributed by atoms with E-state index < -0.39 is 10.0 Å². The third-order valence-electron chi connectivity index (χ3n) is 3.45. The Morgan fingerprint density at radius 2 is 1.53 bits per heavy atom. The zero-order chi connectivity index (χ0) is 12.9. The fraction of sp³-hybridized carbons (Fsp3) is 1.00. The summed E-state index contributed by atoms with van der Waals surface area (Å²) in [6.07, 6.45) is 4.91. The largest absolute Gasteiger partial charge is 0.328 e. The SMILES string of the molecule is CCCN(CCC)S(=O)(=O)C1CCC(N)CC1. The van der Waals surface area contributed by atoms with Crippen molar-refractivity contribution in [3.63, 3.8) is 0 Å². The van der Waals surface area contributed by atoms with Gasteiger partial charge in [-0.05, 0) is 38.5 Å². The van der Waals surface area contributed by atoms with Crippen LogP contribution in [0.15, 0.2) is 0 Å². The lowest BCUT2D eigenvalue weighted by Crippen LogP contribution is -2.42. The Morgan fingerprint density at radius 1 is 1.06 bits per heavy atom. The summed E-state index contributed by atoms with van der Waals surface area (Å²) in [5, 5.41) is -0.194. The number of nitrogens with two attached hydrogens (primary N) is 1. The van der Waals surface area contributed by atoms with Crippen LogP contribution in [0.2, 0.25) is 0 Å². The van der Waals surface area contributed by atoms with Crippen molar-refractivity contribution in [3.8, 4) is 0 Å². The molecule has 5 heteroatoms. The third kappa shape index (κ3) is 3.93. The van der Waals surface area contributed by atoms with Crippen LogP contribution < -0.4 is 5.73 Å². The van der Waals surface area contributed by atoms with Crippen molar-refractivity contribution in [2.45, 2.75) is 63.7 Å². The minimum Gasteiger partial charge on any atom is -0.328 e. The van der Waals surface area contributed by atoms with Gasteiger partial charge < -0.3 is 5.73 Å². The van der Waals surface area contributed by atoms with Gasteiger partial charge in [0.05, 0.1) is 5.25 Å². The van der Waals surface area contributed by atoms with E-state index in [1.807, 2.05) is 13.8 Å². The predicted octanol–water partition coefficient (Wildman–Crippen LogP) is 1.71. The molecular weight excluding hydrogens is 236 g/mol. The maximum Gasteiger partial charge on any atom is 0.216 e. The first-order valence-corrected chi connectivity index (χ1v) is 8.27. The zero-order valence-corrected chi connectivity index (χ0v) is 11.9. The molecule has 0 aromatic heterocycles. The van der Waals surface area contributed by atoms with E-state index >= 15 is 0 Å². The Morgan fingerprint density at radius 3 is 1.94 bits per heavy atom. The van der Waals surface area contributed by atoms with E-state index in [1.54, 1.807) is 4.31 Å². The van der Waals surface area contributed by atoms with Crippen molar-refractivity contribution >= 4 is 10.0 Å². The van der Waals surface area contributed by atoms with Crippen LogP contribution >= 0.6 is 0 Å². The molecule has 0 radical (unpaired) electrons. The second-order valence-electron chi connectivity index (χ2n) is 4.98. The molecule has 4 nitrogen and oxygen atoms in total. The lowest BCUT2D eigenvalue weighted by molar-refractivity contribution is 0.375. The van der Waals surface area contributed by atoms with Gasteiger partial charge in [0, 0.05) is 19.1 Å². The summed E-state index contributed by atoms with van der Waals surface area (Å²) < 4.78 is 26.6. The second-order valence-corrected chi connectivity index (χ2v) is 7.19. The maximum atomic E-state index is 12.5. The minimum atomic E-state index is -3.09. The molecule has 0 aromatic carbocycles. The molecule has 0 atom stereocenters. The lowest BCUT2D eigenvalue weighted by Gasteiger charge is -2.31. The predicted molar refractivity (Wildman–Crippen MR) is 71.3 cm³/mol. The molecule has 1 saturated carbocycles. The molecule has 0 amide bonds. The van der Waals surface area contributed by atoms with Crippen LogP contribution in [0.4, 0.5) is 0 Å². The Hall–Kier alpha value is -0.130. The van der Waals surface area contributed by atoms with Crippen molar-refractivity contribution in [1.82, 2.24) is 4.31 Å². The molecule has 0 saturated heterocycles. The summed E-state index contributed by atoms with van der Waals surface area (Å²) in [5.74, 6) is 0. The zero-order valence-electron chi connectivity index (χ0n) is 11.1. The van der Waals surface area contributed by atoms with Crippen molar-refractivity contribution < 1.29 is 8.42 Å². The molecule has 0 unspecified atom stereocenters. The van der Waals surface area contributed by atoms with Crippen LogP contribution in [-0.2, 0) is 10.0 Å². The highest BCUT2D eigenvalue weighted by atomic mass is 32.2. The lowest BCUT2D eigenvalue weighted by atomic mass is 9.96. The average molecular weight is 262 g/mol. The summed E-state index contributed by atoms with van der Waals surface area (Å²) in [5.41, 5.74) is 5.83. The van der Waals surface area contributed by atoms with Crippen LogP contribution in [0, 0.1) is 0 Å². The van der Waals surface area contributed by atoms with Crippen LogP contribution in [-0.4, -0.2) is 37.1 Å². The van der Waals surface area contributed by atoms with E-state index in [1.165, 1.54) is 0 Å². The third-order valence-corrected chi connectivity index (χ3v) is 5.84. The minimum absolute atomic E-state index is 0.194. The molecule has 0 aliphatic heterocycles. The monoisotopic (exact) mass is 262 g/mol. The first-order chi connectivity index (χ1) is 8.02. The fourth-order valence-corrected chi connectivity index (χ4v) is 4.63. The van der Waals surface area contributed by atoms with Gasteiger partial charge in [-0.1, -0.05) is 13.8 Å². The van der Waals surface area contributed by atoms with Crippen molar-refractivity contribution in [2.24, 2.45) is 5.73 Å². The van der Waals surface area contributed by atoms with Gasteiger partial charge in [0.1, 0.15) is 0 Å². The quantitative estimate of drug-likeness (QED) is 0.792. The summed E-state index contributed by atoms with van der Waals surface area (Å²) >= 11 is 0. The molecule has 1 aliphatic rings. The van der Waals surface area contributed by atoms with E-state index in [0.29, 0.717) is 13.1 Å². The number of hydrogen-bond acceptors (Lipinski definition) is 3. The normalized spacial score (nSPS) is 26.4. The molecule has 1 aliphatic carbocycles. The Bertz CT molecular complexity index is 302. The molecule has 0 heterocycles. The van der Waals surface area contributed by atoms with Crippen molar-refractivity contribution in [1.29, 1.82) is 0 Å². The molecule has 17 heavy (non-hydrogen) atoms. The number of rotatable bonds is 6. The molecule has 1 rings (SSSR count). The molecule has 102 valence electrons. The molecular formula is C12H26N2O2S. The van der Waals surface area contributed by atoms with Crippen LogP contribution in [0.25, 0.3) is 0 Å². The standard InChI is InChI=1S/C12H26N2O2S/c1-3-9-14(10-4-2)17(15,16)12-7-5-11(13)6-8-12/h11-12H,3-10,13H2,1-2H3. The first-order valence-electron chi connectivity index (χ1n) is 6.76.